The summed E-state index contributed by atoms with van der Waals surface area (Å²) < 4.78 is 36.9. The highest BCUT2D eigenvalue weighted by Crippen LogP contribution is 2.34. The predicted octanol–water partition coefficient (Wildman–Crippen LogP) is 2.44. The van der Waals surface area contributed by atoms with E-state index in [2.05, 4.69) is 4.98 Å². The molecule has 0 aliphatic rings. The Morgan fingerprint density at radius 3 is 2.54 bits per heavy atom. The van der Waals surface area contributed by atoms with E-state index in [9.17, 15) is 13.2 Å². The van der Waals surface area contributed by atoms with Gasteiger partial charge in [-0.1, -0.05) is 6.92 Å². The molecule has 1 heterocycles. The molecule has 0 unspecified atom stereocenters. The normalized spacial score (nSPS) is 14.5. The Morgan fingerprint density at radius 2 is 2.08 bits per heavy atom. The van der Waals surface area contributed by atoms with Gasteiger partial charge in [-0.25, -0.2) is 0 Å². The summed E-state index contributed by atoms with van der Waals surface area (Å²) in [4.78, 5) is 2.42. The maximum Gasteiger partial charge on any atom is 0.418 e. The molecule has 1 rings (SSSR count). The molecule has 0 aliphatic carbocycles. The number of halogens is 3. The Kier molecular flexibility index (Phi) is 2.66. The number of H-pyrrole nitrogens is 1. The Labute approximate surface area is 73.9 Å². The predicted molar refractivity (Wildman–Crippen MR) is 43.0 cm³/mol. The molecule has 1 aromatic rings. The number of nitrogens with one attached hydrogen (secondary N) is 1. The SMILES string of the molecule is CC[C@@H](N)c1c[nH]cc1C(F)(F)F. The summed E-state index contributed by atoms with van der Waals surface area (Å²) in [6.07, 6.45) is -1.59. The molecular formula is C8H11F3N2. The van der Waals surface area contributed by atoms with E-state index in [0.717, 1.165) is 6.20 Å². The standard InChI is InChI=1S/C8H11F3N2/c1-2-7(12)5-3-13-4-6(5)8(9,10)11/h3-4,7,13H,2,12H2,1H3/t7-/m1/s1. The first-order valence-electron chi connectivity index (χ1n) is 3.96. The van der Waals surface area contributed by atoms with Crippen molar-refractivity contribution in [2.45, 2.75) is 25.6 Å². The zero-order valence-electron chi connectivity index (χ0n) is 7.15. The van der Waals surface area contributed by atoms with Crippen molar-refractivity contribution in [3.05, 3.63) is 23.5 Å². The average molecular weight is 192 g/mol. The lowest BCUT2D eigenvalue weighted by Crippen LogP contribution is -2.14. The number of hydrogen-bond donors (Lipinski definition) is 2. The molecule has 0 spiro atoms. The molecule has 0 aliphatic heterocycles. The summed E-state index contributed by atoms with van der Waals surface area (Å²) >= 11 is 0. The molecule has 0 saturated carbocycles. The fourth-order valence-electron chi connectivity index (χ4n) is 1.15. The molecular weight excluding hydrogens is 181 g/mol. The Hall–Kier alpha value is -0.970. The topological polar surface area (TPSA) is 41.8 Å². The number of aromatic nitrogens is 1. The highest BCUT2D eigenvalue weighted by molar-refractivity contribution is 5.28. The van der Waals surface area contributed by atoms with Gasteiger partial charge in [-0.2, -0.15) is 13.2 Å². The van der Waals surface area contributed by atoms with Crippen LogP contribution in [-0.4, -0.2) is 4.98 Å². The first-order valence-corrected chi connectivity index (χ1v) is 3.96. The highest BCUT2D eigenvalue weighted by atomic mass is 19.4. The summed E-state index contributed by atoms with van der Waals surface area (Å²) in [7, 11) is 0. The number of rotatable bonds is 2. The lowest BCUT2D eigenvalue weighted by molar-refractivity contribution is -0.138. The minimum Gasteiger partial charge on any atom is -0.367 e. The minimum atomic E-state index is -4.32. The van der Waals surface area contributed by atoms with Crippen LogP contribution in [0.4, 0.5) is 13.2 Å². The van der Waals surface area contributed by atoms with Gasteiger partial charge in [-0.3, -0.25) is 0 Å². The lowest BCUT2D eigenvalue weighted by atomic mass is 10.0. The van der Waals surface area contributed by atoms with Gasteiger partial charge in [-0.05, 0) is 12.0 Å². The molecule has 2 nitrogen and oxygen atoms in total. The van der Waals surface area contributed by atoms with Gasteiger partial charge in [0, 0.05) is 18.4 Å². The third kappa shape index (κ3) is 2.03. The number of hydrogen-bond acceptors (Lipinski definition) is 1. The van der Waals surface area contributed by atoms with Crippen molar-refractivity contribution in [2.24, 2.45) is 5.73 Å². The third-order valence-corrected chi connectivity index (χ3v) is 1.92. The Balaban J connectivity index is 3.03. The van der Waals surface area contributed by atoms with Gasteiger partial charge in [-0.15, -0.1) is 0 Å². The number of aromatic amines is 1. The maximum atomic E-state index is 12.3. The largest absolute Gasteiger partial charge is 0.418 e. The van der Waals surface area contributed by atoms with Gasteiger partial charge in [0.1, 0.15) is 0 Å². The van der Waals surface area contributed by atoms with Crippen LogP contribution in [0.25, 0.3) is 0 Å². The monoisotopic (exact) mass is 192 g/mol. The maximum absolute atomic E-state index is 12.3. The highest BCUT2D eigenvalue weighted by Gasteiger charge is 2.35. The van der Waals surface area contributed by atoms with Crippen molar-refractivity contribution in [3.8, 4) is 0 Å². The van der Waals surface area contributed by atoms with E-state index in [1.165, 1.54) is 6.20 Å². The molecule has 5 heteroatoms. The summed E-state index contributed by atoms with van der Waals surface area (Å²) in [5, 5.41) is 0. The van der Waals surface area contributed by atoms with E-state index in [1.54, 1.807) is 6.92 Å². The van der Waals surface area contributed by atoms with E-state index in [1.807, 2.05) is 0 Å². The van der Waals surface area contributed by atoms with E-state index in [-0.39, 0.29) is 5.56 Å². The second-order valence-corrected chi connectivity index (χ2v) is 2.84. The second kappa shape index (κ2) is 3.41. The van der Waals surface area contributed by atoms with Crippen molar-refractivity contribution in [2.75, 3.05) is 0 Å². The average Bonchev–Trinajstić information content (AvgIpc) is 2.49. The van der Waals surface area contributed by atoms with Crippen molar-refractivity contribution in [3.63, 3.8) is 0 Å². The fourth-order valence-corrected chi connectivity index (χ4v) is 1.15. The van der Waals surface area contributed by atoms with E-state index >= 15 is 0 Å². The van der Waals surface area contributed by atoms with Crippen LogP contribution in [0.3, 0.4) is 0 Å². The van der Waals surface area contributed by atoms with Crippen molar-refractivity contribution in [1.82, 2.24) is 4.98 Å². The van der Waals surface area contributed by atoms with Crippen LogP contribution in [-0.2, 0) is 6.18 Å². The van der Waals surface area contributed by atoms with Gasteiger partial charge in [0.05, 0.1) is 5.56 Å². The van der Waals surface area contributed by atoms with Gasteiger partial charge >= 0.3 is 6.18 Å². The Morgan fingerprint density at radius 1 is 1.46 bits per heavy atom. The van der Waals surface area contributed by atoms with Crippen molar-refractivity contribution < 1.29 is 13.2 Å². The number of alkyl halides is 3. The van der Waals surface area contributed by atoms with Crippen LogP contribution < -0.4 is 5.73 Å². The quantitative estimate of drug-likeness (QED) is 0.742. The van der Waals surface area contributed by atoms with Gasteiger partial charge in [0.25, 0.3) is 0 Å². The molecule has 1 aromatic heterocycles. The molecule has 13 heavy (non-hydrogen) atoms. The van der Waals surface area contributed by atoms with E-state index in [0.29, 0.717) is 6.42 Å². The van der Waals surface area contributed by atoms with E-state index < -0.39 is 17.8 Å². The van der Waals surface area contributed by atoms with Crippen LogP contribution in [0.15, 0.2) is 12.4 Å². The molecule has 74 valence electrons. The summed E-state index contributed by atoms with van der Waals surface area (Å²) in [6, 6.07) is -0.553. The molecule has 0 aromatic carbocycles. The van der Waals surface area contributed by atoms with Crippen LogP contribution in [0.1, 0.15) is 30.5 Å². The fraction of sp³-hybridized carbons (Fsp3) is 0.500. The zero-order chi connectivity index (χ0) is 10.1. The first-order chi connectivity index (χ1) is 5.96. The molecule has 1 atom stereocenters. The van der Waals surface area contributed by atoms with Gasteiger partial charge in [0.2, 0.25) is 0 Å². The van der Waals surface area contributed by atoms with E-state index in [4.69, 9.17) is 5.73 Å². The van der Waals surface area contributed by atoms with Crippen LogP contribution in [0, 0.1) is 0 Å². The van der Waals surface area contributed by atoms with Crippen molar-refractivity contribution in [1.29, 1.82) is 0 Å². The smallest absolute Gasteiger partial charge is 0.367 e. The molecule has 0 bridgehead atoms. The summed E-state index contributed by atoms with van der Waals surface area (Å²) in [5.74, 6) is 0. The minimum absolute atomic E-state index is 0.134. The van der Waals surface area contributed by atoms with Gasteiger partial charge < -0.3 is 10.7 Å². The number of nitrogens with two attached hydrogens (primary N) is 1. The zero-order valence-corrected chi connectivity index (χ0v) is 7.15. The molecule has 0 radical (unpaired) electrons. The summed E-state index contributed by atoms with van der Waals surface area (Å²) in [5.41, 5.74) is 4.99. The summed E-state index contributed by atoms with van der Waals surface area (Å²) in [6.45, 7) is 1.75. The van der Waals surface area contributed by atoms with Crippen LogP contribution in [0.5, 0.6) is 0 Å². The molecule has 0 saturated heterocycles. The van der Waals surface area contributed by atoms with Crippen molar-refractivity contribution >= 4 is 0 Å². The third-order valence-electron chi connectivity index (χ3n) is 1.92. The molecule has 0 amide bonds. The van der Waals surface area contributed by atoms with Crippen LogP contribution >= 0.6 is 0 Å². The molecule has 0 fully saturated rings. The molecule has 3 N–H and O–H groups in total. The second-order valence-electron chi connectivity index (χ2n) is 2.84. The Bertz CT molecular complexity index is 277. The van der Waals surface area contributed by atoms with Gasteiger partial charge in [0.15, 0.2) is 0 Å². The van der Waals surface area contributed by atoms with Crippen LogP contribution in [0.2, 0.25) is 0 Å². The lowest BCUT2D eigenvalue weighted by Gasteiger charge is -2.12. The first kappa shape index (κ1) is 10.1.